The summed E-state index contributed by atoms with van der Waals surface area (Å²) >= 11 is 0. The molecule has 2 rings (SSSR count). The normalized spacial score (nSPS) is 11.2. The van der Waals surface area contributed by atoms with E-state index >= 15 is 0 Å². The zero-order valence-corrected chi connectivity index (χ0v) is 19.4. The van der Waals surface area contributed by atoms with Gasteiger partial charge < -0.3 is 29.9 Å². The van der Waals surface area contributed by atoms with Gasteiger partial charge in [-0.05, 0) is 49.2 Å². The van der Waals surface area contributed by atoms with Gasteiger partial charge in [-0.25, -0.2) is 9.59 Å². The fraction of sp³-hybridized carbons (Fsp3) is 0.211. The quantitative estimate of drug-likeness (QED) is 0.230. The number of esters is 2. The van der Waals surface area contributed by atoms with Crippen LogP contribution in [0.25, 0.3) is 0 Å². The molecule has 2 aromatic rings. The van der Waals surface area contributed by atoms with Crippen molar-refractivity contribution in [1.82, 2.24) is 0 Å². The minimum absolute atomic E-state index is 0. The zero-order chi connectivity index (χ0) is 20.3. The molecule has 4 N–H and O–H groups in total. The van der Waals surface area contributed by atoms with Gasteiger partial charge in [0.15, 0.2) is 23.0 Å². The molecule has 0 radical (unpaired) electrons. The summed E-state index contributed by atoms with van der Waals surface area (Å²) in [7, 11) is 0. The molecule has 9 heteroatoms. The molecule has 0 fully saturated rings. The average molecular weight is 613 g/mol. The molecule has 28 heavy (non-hydrogen) atoms. The van der Waals surface area contributed by atoms with E-state index in [0.717, 1.165) is 12.1 Å². The van der Waals surface area contributed by atoms with E-state index < -0.39 is 29.5 Å². The number of carbonyl (C=O) groups excluding carboxylic acids is 2. The van der Waals surface area contributed by atoms with Gasteiger partial charge in [-0.1, -0.05) is 0 Å². The van der Waals surface area contributed by atoms with Crippen LogP contribution in [-0.2, 0) is 9.47 Å². The molecule has 0 aliphatic carbocycles. The van der Waals surface area contributed by atoms with Gasteiger partial charge in [0, 0.05) is 37.2 Å². The summed E-state index contributed by atoms with van der Waals surface area (Å²) in [4.78, 5) is 24.1. The summed E-state index contributed by atoms with van der Waals surface area (Å²) in [6, 6.07) is 4.77. The van der Waals surface area contributed by atoms with E-state index in [-0.39, 0.29) is 65.9 Å². The first kappa shape index (κ1) is 23.7. The molecule has 1 unspecified atom stereocenters. The third kappa shape index (κ3) is 5.57. The number of hydrogen-bond donors (Lipinski definition) is 4. The van der Waals surface area contributed by atoms with Gasteiger partial charge in [0.1, 0.15) is 6.61 Å². The zero-order valence-electron chi connectivity index (χ0n) is 15.2. The molecule has 0 aromatic heterocycles. The van der Waals surface area contributed by atoms with Crippen LogP contribution in [0.3, 0.4) is 0 Å². The Bertz CT molecular complexity index is 847. The van der Waals surface area contributed by atoms with Gasteiger partial charge in [0.05, 0.1) is 11.1 Å². The van der Waals surface area contributed by atoms with Crippen molar-refractivity contribution in [2.45, 2.75) is 20.0 Å². The van der Waals surface area contributed by atoms with Gasteiger partial charge in [0.25, 0.3) is 0 Å². The van der Waals surface area contributed by atoms with Crippen LogP contribution < -0.4 is 0 Å². The van der Waals surface area contributed by atoms with Crippen molar-refractivity contribution in [1.29, 1.82) is 0 Å². The van der Waals surface area contributed by atoms with E-state index in [2.05, 4.69) is 6.92 Å². The Morgan fingerprint density at radius 2 is 1.32 bits per heavy atom. The van der Waals surface area contributed by atoms with Crippen LogP contribution >= 0.6 is 0 Å². The first-order chi connectivity index (χ1) is 12.6. The number of phenolic OH excluding ortho intramolecular Hbond substituents is 4. The maximum Gasteiger partial charge on any atom is 0.338 e. The van der Waals surface area contributed by atoms with Crippen molar-refractivity contribution in [3.63, 3.8) is 0 Å². The smallest absolute Gasteiger partial charge is 0.338 e. The van der Waals surface area contributed by atoms with Crippen LogP contribution in [0.1, 0.15) is 31.8 Å². The van der Waals surface area contributed by atoms with E-state index in [0.29, 0.717) is 5.56 Å². The molecule has 0 amide bonds. The van der Waals surface area contributed by atoms with Gasteiger partial charge >= 0.3 is 11.9 Å². The molecule has 0 bridgehead atoms. The number of hydrogen-bond acceptors (Lipinski definition) is 8. The van der Waals surface area contributed by atoms with Crippen molar-refractivity contribution in [2.24, 2.45) is 0 Å². The standard InChI is InChI=1S/C19H19O8.U/c1-9-4-12(6-14(20)16(9)22)18(24)26-8-11(3)27-19(25)13-5-10(2)17(23)15(21)7-13;/h4-7,11,20-23H,3,8H2,1-2H3;/q-1;. The number of aromatic hydroxyl groups is 4. The predicted molar refractivity (Wildman–Crippen MR) is 93.9 cm³/mol. The number of phenols is 4. The molecule has 0 aliphatic rings. The molecule has 0 aliphatic heterocycles. The summed E-state index contributed by atoms with van der Waals surface area (Å²) in [5.41, 5.74) is 0.598. The van der Waals surface area contributed by atoms with Gasteiger partial charge in [-0.3, -0.25) is 6.92 Å². The number of rotatable bonds is 5. The fourth-order valence-electron chi connectivity index (χ4n) is 2.26. The molecule has 0 heterocycles. The van der Waals surface area contributed by atoms with Gasteiger partial charge in [0.2, 0.25) is 0 Å². The number of aryl methyl sites for hydroxylation is 2. The molecule has 2 aromatic carbocycles. The summed E-state index contributed by atoms with van der Waals surface area (Å²) in [5, 5.41) is 38.1. The Labute approximate surface area is 185 Å². The van der Waals surface area contributed by atoms with E-state index in [1.807, 2.05) is 0 Å². The van der Waals surface area contributed by atoms with Crippen LogP contribution in [-0.4, -0.2) is 45.1 Å². The van der Waals surface area contributed by atoms with Crippen LogP contribution in [0.2, 0.25) is 0 Å². The Morgan fingerprint density at radius 1 is 0.893 bits per heavy atom. The first-order valence-electron chi connectivity index (χ1n) is 7.86. The minimum atomic E-state index is -1.04. The molecular formula is C19H19O8U-. The van der Waals surface area contributed by atoms with Crippen molar-refractivity contribution in [2.75, 3.05) is 6.61 Å². The molecule has 0 spiro atoms. The average Bonchev–Trinajstić information content (AvgIpc) is 2.61. The van der Waals surface area contributed by atoms with E-state index in [4.69, 9.17) is 9.47 Å². The Hall–Kier alpha value is -2.37. The minimum Gasteiger partial charge on any atom is -0.504 e. The molecule has 0 saturated carbocycles. The van der Waals surface area contributed by atoms with Crippen molar-refractivity contribution < 1.29 is 70.6 Å². The molecule has 148 valence electrons. The second kappa shape index (κ2) is 9.71. The number of ether oxygens (including phenoxy) is 2. The van der Waals surface area contributed by atoms with Crippen molar-refractivity contribution >= 4 is 11.9 Å². The maximum absolute atomic E-state index is 12.1. The second-order valence-corrected chi connectivity index (χ2v) is 5.95. The first-order valence-corrected chi connectivity index (χ1v) is 7.86. The Morgan fingerprint density at radius 3 is 1.75 bits per heavy atom. The van der Waals surface area contributed by atoms with Gasteiger partial charge in [-0.15, -0.1) is 0 Å². The summed E-state index contributed by atoms with van der Waals surface area (Å²) in [5.74, 6) is -3.19. The summed E-state index contributed by atoms with van der Waals surface area (Å²) < 4.78 is 10.0. The summed E-state index contributed by atoms with van der Waals surface area (Å²) in [6.07, 6.45) is -1.04. The van der Waals surface area contributed by atoms with Crippen molar-refractivity contribution in [3.05, 3.63) is 53.4 Å². The number of benzene rings is 2. The van der Waals surface area contributed by atoms with E-state index in [9.17, 15) is 30.0 Å². The maximum atomic E-state index is 12.1. The predicted octanol–water partition coefficient (Wildman–Crippen LogP) is 2.34. The molecule has 0 saturated heterocycles. The molecule has 8 nitrogen and oxygen atoms in total. The van der Waals surface area contributed by atoms with E-state index in [1.54, 1.807) is 0 Å². The topological polar surface area (TPSA) is 134 Å². The largest absolute Gasteiger partial charge is 0.504 e. The molecule has 1 atom stereocenters. The third-order valence-corrected chi connectivity index (χ3v) is 3.71. The molecular weight excluding hydrogens is 594 g/mol. The van der Waals surface area contributed by atoms with Crippen LogP contribution in [0, 0.1) is 51.9 Å². The van der Waals surface area contributed by atoms with Crippen LogP contribution in [0.5, 0.6) is 23.0 Å². The van der Waals surface area contributed by atoms with Crippen molar-refractivity contribution in [3.8, 4) is 23.0 Å². The van der Waals surface area contributed by atoms with E-state index in [1.165, 1.54) is 26.0 Å². The third-order valence-electron chi connectivity index (χ3n) is 3.71. The van der Waals surface area contributed by atoms with Crippen LogP contribution in [0.15, 0.2) is 24.3 Å². The monoisotopic (exact) mass is 613 g/mol. The Kier molecular flexibility index (Phi) is 8.21. The van der Waals surface area contributed by atoms with Crippen LogP contribution in [0.4, 0.5) is 0 Å². The summed E-state index contributed by atoms with van der Waals surface area (Å²) in [6.45, 7) is 6.22. The fourth-order valence-corrected chi connectivity index (χ4v) is 2.26. The second-order valence-electron chi connectivity index (χ2n) is 5.95. The Balaban J connectivity index is 0.00000392. The SMILES string of the molecule is [CH2-]C(COC(=O)c1cc(C)c(O)c(O)c1)OC(=O)c1cc(C)c(O)c(O)c1.[U]. The van der Waals surface area contributed by atoms with Gasteiger partial charge in [-0.2, -0.15) is 0 Å². The number of carbonyl (C=O) groups is 2.